The third kappa shape index (κ3) is 2.67. The highest BCUT2D eigenvalue weighted by Gasteiger charge is 2.18. The third-order valence-electron chi connectivity index (χ3n) is 2.79. The molecule has 1 aromatic heterocycles. The molecule has 0 aliphatic rings. The Balaban J connectivity index is 2.41. The summed E-state index contributed by atoms with van der Waals surface area (Å²) in [6.45, 7) is 8.22. The van der Waals surface area contributed by atoms with Gasteiger partial charge in [-0.15, -0.1) is 0 Å². The number of imidazole rings is 1. The summed E-state index contributed by atoms with van der Waals surface area (Å²) in [5.74, 6) is 1.00. The second-order valence-electron chi connectivity index (χ2n) is 5.74. The fourth-order valence-electron chi connectivity index (χ4n) is 1.88. The van der Waals surface area contributed by atoms with E-state index in [1.807, 2.05) is 12.1 Å². The Bertz CT molecular complexity index is 520. The van der Waals surface area contributed by atoms with Gasteiger partial charge in [-0.3, -0.25) is 0 Å². The van der Waals surface area contributed by atoms with E-state index in [4.69, 9.17) is 0 Å². The molecule has 1 heterocycles. The summed E-state index contributed by atoms with van der Waals surface area (Å²) >= 11 is 0. The van der Waals surface area contributed by atoms with E-state index in [0.29, 0.717) is 6.42 Å². The van der Waals surface area contributed by atoms with Crippen LogP contribution in [-0.4, -0.2) is 21.2 Å². The summed E-state index contributed by atoms with van der Waals surface area (Å²) in [4.78, 5) is 7.94. The van der Waals surface area contributed by atoms with Gasteiger partial charge in [0, 0.05) is 5.41 Å². The number of aliphatic hydroxyl groups is 1. The largest absolute Gasteiger partial charge is 0.393 e. The number of aromatic nitrogens is 2. The smallest absolute Gasteiger partial charge is 0.112 e. The lowest BCUT2D eigenvalue weighted by molar-refractivity contribution is 0.195. The van der Waals surface area contributed by atoms with Crippen molar-refractivity contribution >= 4 is 11.0 Å². The SMILES string of the molecule is CC(O)Cc1ccc2nc(C(C)(C)C)[nH]c2c1. The molecule has 3 nitrogen and oxygen atoms in total. The van der Waals surface area contributed by atoms with Crippen LogP contribution in [0.15, 0.2) is 18.2 Å². The number of hydrogen-bond acceptors (Lipinski definition) is 2. The first-order chi connectivity index (χ1) is 7.86. The van der Waals surface area contributed by atoms with Gasteiger partial charge in [0.1, 0.15) is 5.82 Å². The summed E-state index contributed by atoms with van der Waals surface area (Å²) in [5, 5.41) is 9.39. The van der Waals surface area contributed by atoms with Crippen LogP contribution in [0.2, 0.25) is 0 Å². The first-order valence-electron chi connectivity index (χ1n) is 6.03. The molecule has 2 rings (SSSR count). The van der Waals surface area contributed by atoms with E-state index in [1.165, 1.54) is 0 Å². The molecule has 1 unspecified atom stereocenters. The van der Waals surface area contributed by atoms with Crippen molar-refractivity contribution in [1.29, 1.82) is 0 Å². The zero-order chi connectivity index (χ0) is 12.6. The molecule has 0 radical (unpaired) electrons. The maximum atomic E-state index is 9.39. The van der Waals surface area contributed by atoms with Gasteiger partial charge in [-0.05, 0) is 31.0 Å². The molecule has 17 heavy (non-hydrogen) atoms. The summed E-state index contributed by atoms with van der Waals surface area (Å²) < 4.78 is 0. The molecule has 1 atom stereocenters. The van der Waals surface area contributed by atoms with Gasteiger partial charge >= 0.3 is 0 Å². The molecule has 2 N–H and O–H groups in total. The Labute approximate surface area is 102 Å². The highest BCUT2D eigenvalue weighted by atomic mass is 16.3. The summed E-state index contributed by atoms with van der Waals surface area (Å²) in [7, 11) is 0. The standard InChI is InChI=1S/C14H20N2O/c1-9(17)7-10-5-6-11-12(8-10)16-13(15-11)14(2,3)4/h5-6,8-9,17H,7H2,1-4H3,(H,15,16). The fourth-order valence-corrected chi connectivity index (χ4v) is 1.88. The number of H-pyrrole nitrogens is 1. The minimum Gasteiger partial charge on any atom is -0.393 e. The van der Waals surface area contributed by atoms with E-state index < -0.39 is 0 Å². The second kappa shape index (κ2) is 4.15. The normalized spacial score (nSPS) is 14.2. The van der Waals surface area contributed by atoms with E-state index in [-0.39, 0.29) is 11.5 Å². The average Bonchev–Trinajstić information content (AvgIpc) is 2.58. The van der Waals surface area contributed by atoms with E-state index >= 15 is 0 Å². The lowest BCUT2D eigenvalue weighted by atomic mass is 9.96. The van der Waals surface area contributed by atoms with E-state index in [0.717, 1.165) is 22.4 Å². The Morgan fingerprint density at radius 2 is 2.06 bits per heavy atom. The molecular weight excluding hydrogens is 212 g/mol. The van der Waals surface area contributed by atoms with Crippen LogP contribution in [-0.2, 0) is 11.8 Å². The minimum absolute atomic E-state index is 0.0312. The fraction of sp³-hybridized carbons (Fsp3) is 0.500. The van der Waals surface area contributed by atoms with E-state index in [9.17, 15) is 5.11 Å². The van der Waals surface area contributed by atoms with Crippen molar-refractivity contribution in [2.45, 2.75) is 45.6 Å². The topological polar surface area (TPSA) is 48.9 Å². The number of hydrogen-bond donors (Lipinski definition) is 2. The molecule has 92 valence electrons. The van der Waals surface area contributed by atoms with Crippen molar-refractivity contribution in [2.75, 3.05) is 0 Å². The van der Waals surface area contributed by atoms with Crippen molar-refractivity contribution < 1.29 is 5.11 Å². The third-order valence-corrected chi connectivity index (χ3v) is 2.79. The van der Waals surface area contributed by atoms with Gasteiger partial charge in [-0.2, -0.15) is 0 Å². The van der Waals surface area contributed by atoms with Gasteiger partial charge in [0.15, 0.2) is 0 Å². The molecule has 0 aliphatic carbocycles. The van der Waals surface area contributed by atoms with Crippen LogP contribution in [0.25, 0.3) is 11.0 Å². The first kappa shape index (κ1) is 12.1. The number of aromatic amines is 1. The quantitative estimate of drug-likeness (QED) is 0.836. The van der Waals surface area contributed by atoms with Crippen molar-refractivity contribution in [3.63, 3.8) is 0 Å². The molecular formula is C14H20N2O. The molecule has 0 amide bonds. The summed E-state index contributed by atoms with van der Waals surface area (Å²) in [6, 6.07) is 6.12. The molecule has 3 heteroatoms. The lowest BCUT2D eigenvalue weighted by Crippen LogP contribution is -2.12. The van der Waals surface area contributed by atoms with Crippen LogP contribution in [0.3, 0.4) is 0 Å². The highest BCUT2D eigenvalue weighted by molar-refractivity contribution is 5.76. The summed E-state index contributed by atoms with van der Waals surface area (Å²) in [6.07, 6.45) is 0.372. The second-order valence-corrected chi connectivity index (χ2v) is 5.74. The predicted octanol–water partition coefficient (Wildman–Crippen LogP) is 2.78. The molecule has 0 saturated heterocycles. The van der Waals surface area contributed by atoms with Crippen LogP contribution in [0, 0.1) is 0 Å². The summed E-state index contributed by atoms with van der Waals surface area (Å²) in [5.41, 5.74) is 3.21. The molecule has 1 aromatic carbocycles. The lowest BCUT2D eigenvalue weighted by Gasteiger charge is -2.13. The number of fused-ring (bicyclic) bond motifs is 1. The number of benzene rings is 1. The predicted molar refractivity (Wildman–Crippen MR) is 70.2 cm³/mol. The Morgan fingerprint density at radius 1 is 1.35 bits per heavy atom. The average molecular weight is 232 g/mol. The van der Waals surface area contributed by atoms with Crippen LogP contribution in [0.4, 0.5) is 0 Å². The van der Waals surface area contributed by atoms with Gasteiger partial charge < -0.3 is 10.1 Å². The minimum atomic E-state index is -0.308. The molecule has 2 aromatic rings. The number of nitrogens with zero attached hydrogens (tertiary/aromatic N) is 1. The van der Waals surface area contributed by atoms with Crippen molar-refractivity contribution in [2.24, 2.45) is 0 Å². The zero-order valence-electron chi connectivity index (χ0n) is 10.9. The highest BCUT2D eigenvalue weighted by Crippen LogP contribution is 2.23. The Morgan fingerprint density at radius 3 is 2.65 bits per heavy atom. The van der Waals surface area contributed by atoms with Gasteiger partial charge in [0.25, 0.3) is 0 Å². The first-order valence-corrected chi connectivity index (χ1v) is 6.03. The Hall–Kier alpha value is -1.35. The number of nitrogens with one attached hydrogen (secondary N) is 1. The van der Waals surface area contributed by atoms with Gasteiger partial charge in [-0.1, -0.05) is 26.8 Å². The van der Waals surface area contributed by atoms with E-state index in [2.05, 4.69) is 36.8 Å². The molecule has 0 fully saturated rings. The van der Waals surface area contributed by atoms with Crippen molar-refractivity contribution in [3.05, 3.63) is 29.6 Å². The monoisotopic (exact) mass is 232 g/mol. The molecule has 0 spiro atoms. The van der Waals surface area contributed by atoms with Gasteiger partial charge in [-0.25, -0.2) is 4.98 Å². The number of aliphatic hydroxyl groups excluding tert-OH is 1. The molecule has 0 bridgehead atoms. The zero-order valence-corrected chi connectivity index (χ0v) is 10.9. The maximum absolute atomic E-state index is 9.39. The maximum Gasteiger partial charge on any atom is 0.112 e. The van der Waals surface area contributed by atoms with E-state index in [1.54, 1.807) is 6.92 Å². The van der Waals surface area contributed by atoms with Crippen LogP contribution in [0.5, 0.6) is 0 Å². The molecule has 0 aliphatic heterocycles. The van der Waals surface area contributed by atoms with Gasteiger partial charge in [0.05, 0.1) is 17.1 Å². The van der Waals surface area contributed by atoms with Crippen LogP contribution in [0.1, 0.15) is 39.1 Å². The Kier molecular flexibility index (Phi) is 2.96. The number of rotatable bonds is 2. The van der Waals surface area contributed by atoms with Crippen LogP contribution < -0.4 is 0 Å². The van der Waals surface area contributed by atoms with Crippen LogP contribution >= 0.6 is 0 Å². The van der Waals surface area contributed by atoms with Gasteiger partial charge in [0.2, 0.25) is 0 Å². The van der Waals surface area contributed by atoms with Crippen molar-refractivity contribution in [3.8, 4) is 0 Å². The van der Waals surface area contributed by atoms with Crippen molar-refractivity contribution in [1.82, 2.24) is 9.97 Å². The molecule has 0 saturated carbocycles.